The average Bonchev–Trinajstić information content (AvgIpc) is 2.16. The molecule has 0 aliphatic carbocycles. The molecule has 0 aliphatic heterocycles. The van der Waals surface area contributed by atoms with Crippen LogP contribution < -0.4 is 4.74 Å². The molecular weight excluding hydrogens is 182 g/mol. The SMILES string of the molecule is COc1ncc(C(=O)O)cc1C(C)C. The molecule has 1 heterocycles. The van der Waals surface area contributed by atoms with E-state index in [0.717, 1.165) is 5.56 Å². The maximum atomic E-state index is 10.7. The second-order valence-corrected chi connectivity index (χ2v) is 3.28. The fourth-order valence-corrected chi connectivity index (χ4v) is 1.17. The molecule has 0 aliphatic rings. The highest BCUT2D eigenvalue weighted by atomic mass is 16.5. The van der Waals surface area contributed by atoms with Crippen LogP contribution >= 0.6 is 0 Å². The van der Waals surface area contributed by atoms with E-state index < -0.39 is 5.97 Å². The Balaban J connectivity index is 3.20. The summed E-state index contributed by atoms with van der Waals surface area (Å²) in [5.41, 5.74) is 1.00. The molecule has 14 heavy (non-hydrogen) atoms. The molecule has 1 N–H and O–H groups in total. The van der Waals surface area contributed by atoms with Crippen molar-refractivity contribution in [3.63, 3.8) is 0 Å². The molecule has 0 radical (unpaired) electrons. The lowest BCUT2D eigenvalue weighted by atomic mass is 10.0. The molecule has 0 amide bonds. The van der Waals surface area contributed by atoms with Gasteiger partial charge in [0.15, 0.2) is 0 Å². The molecule has 0 aromatic carbocycles. The monoisotopic (exact) mass is 195 g/mol. The number of carbonyl (C=O) groups is 1. The molecule has 0 unspecified atom stereocenters. The first-order valence-electron chi connectivity index (χ1n) is 4.33. The van der Waals surface area contributed by atoms with Crippen molar-refractivity contribution in [3.05, 3.63) is 23.4 Å². The van der Waals surface area contributed by atoms with Crippen molar-refractivity contribution in [2.24, 2.45) is 0 Å². The van der Waals surface area contributed by atoms with Crippen LogP contribution in [0.2, 0.25) is 0 Å². The molecule has 1 aromatic heterocycles. The van der Waals surface area contributed by atoms with Crippen LogP contribution in [0.25, 0.3) is 0 Å². The van der Waals surface area contributed by atoms with Gasteiger partial charge in [0.25, 0.3) is 0 Å². The third-order valence-electron chi connectivity index (χ3n) is 1.94. The first-order chi connectivity index (χ1) is 6.56. The van der Waals surface area contributed by atoms with Crippen molar-refractivity contribution in [3.8, 4) is 5.88 Å². The van der Waals surface area contributed by atoms with Gasteiger partial charge in [-0.1, -0.05) is 13.8 Å². The Morgan fingerprint density at radius 2 is 2.21 bits per heavy atom. The highest BCUT2D eigenvalue weighted by Gasteiger charge is 2.12. The van der Waals surface area contributed by atoms with Gasteiger partial charge in [0.2, 0.25) is 5.88 Å². The predicted molar refractivity (Wildman–Crippen MR) is 51.8 cm³/mol. The molecule has 0 spiro atoms. The second kappa shape index (κ2) is 4.09. The zero-order chi connectivity index (χ0) is 10.7. The van der Waals surface area contributed by atoms with Gasteiger partial charge >= 0.3 is 5.97 Å². The zero-order valence-corrected chi connectivity index (χ0v) is 8.44. The van der Waals surface area contributed by atoms with Gasteiger partial charge in [0.1, 0.15) is 0 Å². The lowest BCUT2D eigenvalue weighted by Gasteiger charge is -2.10. The third-order valence-corrected chi connectivity index (χ3v) is 1.94. The fraction of sp³-hybridized carbons (Fsp3) is 0.400. The number of hydrogen-bond donors (Lipinski definition) is 1. The Bertz CT molecular complexity index is 347. The minimum Gasteiger partial charge on any atom is -0.481 e. The molecule has 0 fully saturated rings. The first kappa shape index (κ1) is 10.5. The van der Waals surface area contributed by atoms with E-state index in [0.29, 0.717) is 5.88 Å². The number of aromatic carboxylic acids is 1. The maximum Gasteiger partial charge on any atom is 0.337 e. The molecule has 0 atom stereocenters. The van der Waals surface area contributed by atoms with Crippen LogP contribution in [0.15, 0.2) is 12.3 Å². The Hall–Kier alpha value is -1.58. The molecular formula is C10H13NO3. The van der Waals surface area contributed by atoms with Gasteiger partial charge < -0.3 is 9.84 Å². The lowest BCUT2D eigenvalue weighted by Crippen LogP contribution is -2.03. The number of rotatable bonds is 3. The molecule has 0 bridgehead atoms. The van der Waals surface area contributed by atoms with Crippen molar-refractivity contribution < 1.29 is 14.6 Å². The summed E-state index contributed by atoms with van der Waals surface area (Å²) in [4.78, 5) is 14.6. The number of methoxy groups -OCH3 is 1. The van der Waals surface area contributed by atoms with E-state index in [1.165, 1.54) is 13.3 Å². The topological polar surface area (TPSA) is 59.4 Å². The smallest absolute Gasteiger partial charge is 0.337 e. The van der Waals surface area contributed by atoms with E-state index in [9.17, 15) is 4.79 Å². The number of carboxylic acid groups (broad SMARTS) is 1. The third kappa shape index (κ3) is 2.02. The van der Waals surface area contributed by atoms with Crippen LogP contribution in [0.3, 0.4) is 0 Å². The van der Waals surface area contributed by atoms with Gasteiger partial charge in [-0.05, 0) is 12.0 Å². The Morgan fingerprint density at radius 3 is 2.64 bits per heavy atom. The average molecular weight is 195 g/mol. The highest BCUT2D eigenvalue weighted by molar-refractivity contribution is 5.87. The lowest BCUT2D eigenvalue weighted by molar-refractivity contribution is 0.0696. The Labute approximate surface area is 82.5 Å². The van der Waals surface area contributed by atoms with E-state index in [-0.39, 0.29) is 11.5 Å². The van der Waals surface area contributed by atoms with E-state index >= 15 is 0 Å². The first-order valence-corrected chi connectivity index (χ1v) is 4.33. The largest absolute Gasteiger partial charge is 0.481 e. The summed E-state index contributed by atoms with van der Waals surface area (Å²) >= 11 is 0. The molecule has 4 nitrogen and oxygen atoms in total. The summed E-state index contributed by atoms with van der Waals surface area (Å²) in [6.07, 6.45) is 1.30. The summed E-state index contributed by atoms with van der Waals surface area (Å²) in [6, 6.07) is 1.60. The predicted octanol–water partition coefficient (Wildman–Crippen LogP) is 1.91. The Kier molecular flexibility index (Phi) is 3.06. The Morgan fingerprint density at radius 1 is 1.57 bits per heavy atom. The molecule has 4 heteroatoms. The molecule has 0 saturated heterocycles. The molecule has 76 valence electrons. The number of aromatic nitrogens is 1. The van der Waals surface area contributed by atoms with Crippen molar-refractivity contribution in [2.75, 3.05) is 7.11 Å². The summed E-state index contributed by atoms with van der Waals surface area (Å²) in [6.45, 7) is 3.93. The van der Waals surface area contributed by atoms with Gasteiger partial charge in [-0.25, -0.2) is 9.78 Å². The summed E-state index contributed by atoms with van der Waals surface area (Å²) < 4.78 is 5.04. The normalized spacial score (nSPS) is 10.3. The van der Waals surface area contributed by atoms with Crippen molar-refractivity contribution >= 4 is 5.97 Å². The number of carboxylic acids is 1. The van der Waals surface area contributed by atoms with Crippen LogP contribution in [-0.4, -0.2) is 23.2 Å². The van der Waals surface area contributed by atoms with Crippen LogP contribution in [0, 0.1) is 0 Å². The van der Waals surface area contributed by atoms with Gasteiger partial charge in [0.05, 0.1) is 12.7 Å². The van der Waals surface area contributed by atoms with Gasteiger partial charge in [-0.2, -0.15) is 0 Å². The summed E-state index contributed by atoms with van der Waals surface area (Å²) in [5, 5.41) is 8.77. The van der Waals surface area contributed by atoms with Gasteiger partial charge in [-0.15, -0.1) is 0 Å². The molecule has 1 rings (SSSR count). The molecule has 1 aromatic rings. The van der Waals surface area contributed by atoms with Crippen molar-refractivity contribution in [1.82, 2.24) is 4.98 Å². The number of nitrogens with zero attached hydrogens (tertiary/aromatic N) is 1. The van der Waals surface area contributed by atoms with E-state index in [1.54, 1.807) is 6.07 Å². The quantitative estimate of drug-likeness (QED) is 0.800. The highest BCUT2D eigenvalue weighted by Crippen LogP contribution is 2.24. The minimum absolute atomic E-state index is 0.189. The molecule has 0 saturated carbocycles. The van der Waals surface area contributed by atoms with Crippen LogP contribution in [-0.2, 0) is 0 Å². The second-order valence-electron chi connectivity index (χ2n) is 3.28. The summed E-state index contributed by atoms with van der Waals surface area (Å²) in [5.74, 6) is -0.288. The summed E-state index contributed by atoms with van der Waals surface area (Å²) in [7, 11) is 1.52. The minimum atomic E-state index is -0.970. The number of pyridine rings is 1. The van der Waals surface area contributed by atoms with Crippen LogP contribution in [0.1, 0.15) is 35.7 Å². The van der Waals surface area contributed by atoms with Gasteiger partial charge in [0, 0.05) is 11.8 Å². The standard InChI is InChI=1S/C10H13NO3/c1-6(2)8-4-7(10(12)13)5-11-9(8)14-3/h4-6H,1-3H3,(H,12,13). The van der Waals surface area contributed by atoms with Crippen molar-refractivity contribution in [2.45, 2.75) is 19.8 Å². The zero-order valence-electron chi connectivity index (χ0n) is 8.44. The van der Waals surface area contributed by atoms with E-state index in [4.69, 9.17) is 9.84 Å². The maximum absolute atomic E-state index is 10.7. The van der Waals surface area contributed by atoms with Crippen LogP contribution in [0.4, 0.5) is 0 Å². The van der Waals surface area contributed by atoms with Crippen molar-refractivity contribution in [1.29, 1.82) is 0 Å². The number of hydrogen-bond acceptors (Lipinski definition) is 3. The number of ether oxygens (including phenoxy) is 1. The van der Waals surface area contributed by atoms with E-state index in [2.05, 4.69) is 4.98 Å². The fourth-order valence-electron chi connectivity index (χ4n) is 1.17. The van der Waals surface area contributed by atoms with Crippen LogP contribution in [0.5, 0.6) is 5.88 Å². The van der Waals surface area contributed by atoms with Gasteiger partial charge in [-0.3, -0.25) is 0 Å². The van der Waals surface area contributed by atoms with E-state index in [1.807, 2.05) is 13.8 Å².